The zero-order valence-corrected chi connectivity index (χ0v) is 23.3. The van der Waals surface area contributed by atoms with Gasteiger partial charge in [-0.25, -0.2) is 0 Å². The molecule has 3 radical (unpaired) electrons. The summed E-state index contributed by atoms with van der Waals surface area (Å²) in [4.78, 5) is 0. The standard InChI is InChI=1S/4C4H6N2.B.3HI/c4*1-6-4-2-3-5-6;;;;/h4*2-4H,1H3;;3*1H. The van der Waals surface area contributed by atoms with Crippen molar-refractivity contribution in [2.75, 3.05) is 0 Å². The van der Waals surface area contributed by atoms with Crippen LogP contribution in [0.5, 0.6) is 0 Å². The van der Waals surface area contributed by atoms with Crippen molar-refractivity contribution in [3.05, 3.63) is 73.8 Å². The van der Waals surface area contributed by atoms with Crippen molar-refractivity contribution in [2.24, 2.45) is 28.2 Å². The molecule has 0 N–H and O–H groups in total. The van der Waals surface area contributed by atoms with Crippen molar-refractivity contribution in [3.63, 3.8) is 0 Å². The summed E-state index contributed by atoms with van der Waals surface area (Å²) in [6.45, 7) is 0. The van der Waals surface area contributed by atoms with Crippen LogP contribution < -0.4 is 0 Å². The third-order valence-corrected chi connectivity index (χ3v) is 2.55. The molecule has 4 rings (SSSR count). The summed E-state index contributed by atoms with van der Waals surface area (Å²) in [6, 6.07) is 7.56. The van der Waals surface area contributed by atoms with Crippen LogP contribution in [-0.2, 0) is 28.2 Å². The van der Waals surface area contributed by atoms with Gasteiger partial charge in [-0.3, -0.25) is 18.7 Å². The Balaban J connectivity index is -0.000000131. The van der Waals surface area contributed by atoms with Gasteiger partial charge in [0.2, 0.25) is 0 Å². The molecule has 0 saturated carbocycles. The smallest absolute Gasteiger partial charge is 0.0489 e. The highest BCUT2D eigenvalue weighted by Gasteiger charge is 1.71. The van der Waals surface area contributed by atoms with Gasteiger partial charge < -0.3 is 0 Å². The van der Waals surface area contributed by atoms with Crippen LogP contribution in [0.15, 0.2) is 73.8 Å². The van der Waals surface area contributed by atoms with Gasteiger partial charge in [-0.1, -0.05) is 0 Å². The first-order chi connectivity index (χ1) is 11.6. The van der Waals surface area contributed by atoms with Gasteiger partial charge in [-0.15, -0.1) is 71.9 Å². The van der Waals surface area contributed by atoms with E-state index in [1.165, 1.54) is 0 Å². The molecule has 8 nitrogen and oxygen atoms in total. The van der Waals surface area contributed by atoms with Gasteiger partial charge in [0.25, 0.3) is 0 Å². The summed E-state index contributed by atoms with van der Waals surface area (Å²) in [6.07, 6.45) is 14.6. The van der Waals surface area contributed by atoms with Crippen molar-refractivity contribution >= 4 is 80.3 Å². The molecule has 0 amide bonds. The molecule has 4 aromatic rings. The molecule has 0 aliphatic heterocycles. The van der Waals surface area contributed by atoms with Crippen LogP contribution in [-0.4, -0.2) is 47.5 Å². The molecule has 0 fully saturated rings. The summed E-state index contributed by atoms with van der Waals surface area (Å²) in [7, 11) is 7.56. The van der Waals surface area contributed by atoms with Crippen molar-refractivity contribution in [1.82, 2.24) is 39.1 Å². The Morgan fingerprint density at radius 2 is 0.607 bits per heavy atom. The lowest BCUT2D eigenvalue weighted by molar-refractivity contribution is 0.767. The summed E-state index contributed by atoms with van der Waals surface area (Å²) >= 11 is 0. The third-order valence-electron chi connectivity index (χ3n) is 2.55. The summed E-state index contributed by atoms with van der Waals surface area (Å²) in [5, 5.41) is 15.3. The molecular formula is C16H27BI3N8. The minimum atomic E-state index is 0. The fraction of sp³-hybridized carbons (Fsp3) is 0.250. The minimum Gasteiger partial charge on any atom is -0.276 e. The fourth-order valence-corrected chi connectivity index (χ4v) is 1.38. The van der Waals surface area contributed by atoms with Crippen LogP contribution in [0.1, 0.15) is 0 Å². The summed E-state index contributed by atoms with van der Waals surface area (Å²) < 4.78 is 7.00. The molecule has 28 heavy (non-hydrogen) atoms. The monoisotopic (exact) mass is 723 g/mol. The number of aromatic nitrogens is 8. The maximum absolute atomic E-state index is 3.83. The number of aryl methyl sites for hydroxylation is 4. The Kier molecular flexibility index (Phi) is 27.7. The lowest BCUT2D eigenvalue weighted by atomic mass is 10.8. The molecule has 0 atom stereocenters. The minimum absolute atomic E-state index is 0. The highest BCUT2D eigenvalue weighted by atomic mass is 127. The highest BCUT2D eigenvalue weighted by molar-refractivity contribution is 14.0. The Morgan fingerprint density at radius 1 is 0.429 bits per heavy atom. The first-order valence-corrected chi connectivity index (χ1v) is 7.32. The molecule has 0 unspecified atom stereocenters. The van der Waals surface area contributed by atoms with E-state index in [4.69, 9.17) is 0 Å². The van der Waals surface area contributed by atoms with E-state index in [9.17, 15) is 0 Å². The van der Waals surface area contributed by atoms with Gasteiger partial charge in [-0.2, -0.15) is 20.4 Å². The Labute approximate surface area is 219 Å². The number of rotatable bonds is 0. The van der Waals surface area contributed by atoms with Gasteiger partial charge in [0.1, 0.15) is 0 Å². The maximum atomic E-state index is 3.83. The van der Waals surface area contributed by atoms with Crippen molar-refractivity contribution < 1.29 is 0 Å². The number of hydrogen-bond acceptors (Lipinski definition) is 4. The summed E-state index contributed by atoms with van der Waals surface area (Å²) in [5.74, 6) is 0. The zero-order chi connectivity index (χ0) is 17.6. The summed E-state index contributed by atoms with van der Waals surface area (Å²) in [5.41, 5.74) is 0. The lowest BCUT2D eigenvalue weighted by Gasteiger charge is -1.77. The molecule has 0 spiro atoms. The number of hydrogen-bond donors (Lipinski definition) is 0. The molecule has 155 valence electrons. The molecule has 4 heterocycles. The Morgan fingerprint density at radius 3 is 0.643 bits per heavy atom. The van der Waals surface area contributed by atoms with E-state index in [0.717, 1.165) is 0 Å². The van der Waals surface area contributed by atoms with Crippen LogP contribution in [0.2, 0.25) is 0 Å². The van der Waals surface area contributed by atoms with E-state index in [-0.39, 0.29) is 80.3 Å². The number of nitrogens with zero attached hydrogens (tertiary/aromatic N) is 8. The van der Waals surface area contributed by atoms with E-state index < -0.39 is 0 Å². The van der Waals surface area contributed by atoms with Crippen LogP contribution in [0, 0.1) is 0 Å². The quantitative estimate of drug-likeness (QED) is 0.207. The second-order valence-corrected chi connectivity index (χ2v) is 4.72. The normalized spacial score (nSPS) is 7.57. The largest absolute Gasteiger partial charge is 0.276 e. The topological polar surface area (TPSA) is 71.3 Å². The van der Waals surface area contributed by atoms with E-state index in [1.807, 2.05) is 77.2 Å². The molecule has 0 saturated heterocycles. The van der Waals surface area contributed by atoms with E-state index >= 15 is 0 Å². The van der Waals surface area contributed by atoms with Gasteiger partial charge in [-0.05, 0) is 24.3 Å². The molecule has 0 aromatic carbocycles. The molecule has 12 heteroatoms. The Hall–Kier alpha value is -0.905. The molecule has 0 aliphatic rings. The highest BCUT2D eigenvalue weighted by Crippen LogP contribution is 1.74. The number of halogens is 3. The van der Waals surface area contributed by atoms with E-state index in [2.05, 4.69) is 20.4 Å². The Bertz CT molecular complexity index is 585. The van der Waals surface area contributed by atoms with Gasteiger partial charge in [0.05, 0.1) is 0 Å². The van der Waals surface area contributed by atoms with Crippen LogP contribution in [0.3, 0.4) is 0 Å². The van der Waals surface area contributed by atoms with E-state index in [1.54, 1.807) is 43.5 Å². The molecule has 4 aromatic heterocycles. The van der Waals surface area contributed by atoms with Crippen LogP contribution >= 0.6 is 71.9 Å². The second kappa shape index (κ2) is 22.4. The van der Waals surface area contributed by atoms with Gasteiger partial charge >= 0.3 is 0 Å². The van der Waals surface area contributed by atoms with Crippen molar-refractivity contribution in [1.29, 1.82) is 0 Å². The first-order valence-electron chi connectivity index (χ1n) is 7.32. The SMILES string of the molecule is Cn1cccn1.Cn1cccn1.Cn1cccn1.Cn1cccn1.I.I.I.[B]. The molecular weight excluding hydrogens is 696 g/mol. The molecule has 0 aliphatic carbocycles. The molecule has 0 bridgehead atoms. The first kappa shape index (κ1) is 34.6. The third kappa shape index (κ3) is 19.8. The van der Waals surface area contributed by atoms with Crippen LogP contribution in [0.4, 0.5) is 0 Å². The fourth-order valence-electron chi connectivity index (χ4n) is 1.38. The lowest BCUT2D eigenvalue weighted by Crippen LogP contribution is -1.83. The maximum Gasteiger partial charge on any atom is 0.0489 e. The average molecular weight is 723 g/mol. The van der Waals surface area contributed by atoms with Crippen molar-refractivity contribution in [2.45, 2.75) is 0 Å². The van der Waals surface area contributed by atoms with Gasteiger partial charge in [0, 0.05) is 86.2 Å². The predicted molar refractivity (Wildman–Crippen MR) is 145 cm³/mol. The second-order valence-electron chi connectivity index (χ2n) is 4.72. The van der Waals surface area contributed by atoms with E-state index in [0.29, 0.717) is 0 Å². The predicted octanol–water partition coefficient (Wildman–Crippen LogP) is 3.15. The van der Waals surface area contributed by atoms with Crippen molar-refractivity contribution in [3.8, 4) is 0 Å². The zero-order valence-electron chi connectivity index (χ0n) is 16.3. The van der Waals surface area contributed by atoms with Gasteiger partial charge in [0.15, 0.2) is 0 Å². The van der Waals surface area contributed by atoms with Crippen LogP contribution in [0.25, 0.3) is 0 Å². The average Bonchev–Trinajstić information content (AvgIpc) is 3.31.